The summed E-state index contributed by atoms with van der Waals surface area (Å²) < 4.78 is 43.6. The Balaban J connectivity index is 1.81. The minimum atomic E-state index is -4.49. The lowest BCUT2D eigenvalue weighted by molar-refractivity contribution is -0.137. The number of nitrogens with zero attached hydrogens (tertiary/aromatic N) is 1. The average Bonchev–Trinajstić information content (AvgIpc) is 2.61. The summed E-state index contributed by atoms with van der Waals surface area (Å²) in [5, 5.41) is -0.170. The number of benzene rings is 2. The van der Waals surface area contributed by atoms with Crippen molar-refractivity contribution in [2.45, 2.75) is 19.7 Å². The highest BCUT2D eigenvalue weighted by atomic mass is 35.5. The average molecular weight is 378 g/mol. The Morgan fingerprint density at radius 2 is 1.77 bits per heavy atom. The van der Waals surface area contributed by atoms with Gasteiger partial charge in [-0.15, -0.1) is 0 Å². The minimum absolute atomic E-state index is 0.0239. The number of hydrogen-bond acceptors (Lipinski definition) is 2. The molecule has 0 spiro atoms. The van der Waals surface area contributed by atoms with Gasteiger partial charge in [-0.1, -0.05) is 60.1 Å². The zero-order valence-electron chi connectivity index (χ0n) is 13.8. The Morgan fingerprint density at radius 1 is 1.04 bits per heavy atom. The van der Waals surface area contributed by atoms with Crippen molar-refractivity contribution in [2.75, 3.05) is 0 Å². The van der Waals surface area contributed by atoms with Crippen LogP contribution in [0.4, 0.5) is 13.2 Å². The number of alkyl halides is 3. The van der Waals surface area contributed by atoms with Crippen LogP contribution >= 0.6 is 11.6 Å². The van der Waals surface area contributed by atoms with Crippen LogP contribution in [0, 0.1) is 6.92 Å². The van der Waals surface area contributed by atoms with Crippen molar-refractivity contribution in [3.8, 4) is 17.0 Å². The lowest BCUT2D eigenvalue weighted by Crippen LogP contribution is -2.07. The Morgan fingerprint density at radius 3 is 2.42 bits per heavy atom. The first-order valence-electron chi connectivity index (χ1n) is 7.85. The predicted molar refractivity (Wildman–Crippen MR) is 95.2 cm³/mol. The van der Waals surface area contributed by atoms with E-state index in [0.29, 0.717) is 6.20 Å². The van der Waals surface area contributed by atoms with Crippen molar-refractivity contribution >= 4 is 11.6 Å². The Labute approximate surface area is 154 Å². The highest BCUT2D eigenvalue weighted by Crippen LogP contribution is 2.33. The molecule has 0 atom stereocenters. The van der Waals surface area contributed by atoms with E-state index in [2.05, 4.69) is 4.98 Å². The molecule has 0 aliphatic rings. The van der Waals surface area contributed by atoms with Gasteiger partial charge in [0.15, 0.2) is 0 Å². The van der Waals surface area contributed by atoms with Gasteiger partial charge in [-0.2, -0.15) is 13.2 Å². The van der Waals surface area contributed by atoms with E-state index >= 15 is 0 Å². The van der Waals surface area contributed by atoms with Gasteiger partial charge in [0.25, 0.3) is 0 Å². The lowest BCUT2D eigenvalue weighted by atomic mass is 9.97. The van der Waals surface area contributed by atoms with E-state index in [1.165, 1.54) is 0 Å². The molecule has 1 heterocycles. The maximum atomic E-state index is 12.7. The zero-order valence-corrected chi connectivity index (χ0v) is 14.6. The summed E-state index contributed by atoms with van der Waals surface area (Å²) in [6.45, 7) is 2.13. The summed E-state index contributed by atoms with van der Waals surface area (Å²) in [5.41, 5.74) is 3.18. The second kappa shape index (κ2) is 7.38. The van der Waals surface area contributed by atoms with Gasteiger partial charge in [0.1, 0.15) is 11.6 Å². The molecule has 0 aliphatic heterocycles. The second-order valence-electron chi connectivity index (χ2n) is 5.75. The number of rotatable bonds is 4. The van der Waals surface area contributed by atoms with Gasteiger partial charge in [0.05, 0.1) is 5.56 Å². The highest BCUT2D eigenvalue weighted by molar-refractivity contribution is 6.31. The van der Waals surface area contributed by atoms with Gasteiger partial charge < -0.3 is 4.74 Å². The summed E-state index contributed by atoms with van der Waals surface area (Å²) in [7, 11) is 0. The fourth-order valence-corrected chi connectivity index (χ4v) is 2.82. The molecule has 3 rings (SSSR count). The van der Waals surface area contributed by atoms with Crippen LogP contribution in [0.5, 0.6) is 5.88 Å². The van der Waals surface area contributed by atoms with Crippen LogP contribution in [0.3, 0.4) is 0 Å². The number of hydrogen-bond donors (Lipinski definition) is 0. The van der Waals surface area contributed by atoms with Crippen molar-refractivity contribution in [1.82, 2.24) is 4.98 Å². The number of halogens is 4. The molecule has 3 aromatic rings. The molecule has 0 aliphatic carbocycles. The van der Waals surface area contributed by atoms with E-state index in [4.69, 9.17) is 16.3 Å². The fourth-order valence-electron chi connectivity index (χ4n) is 2.60. The van der Waals surface area contributed by atoms with Gasteiger partial charge in [-0.25, -0.2) is 4.98 Å². The topological polar surface area (TPSA) is 22.1 Å². The molecule has 134 valence electrons. The summed E-state index contributed by atoms with van der Waals surface area (Å²) in [6.07, 6.45) is -3.77. The van der Waals surface area contributed by atoms with Gasteiger partial charge in [0, 0.05) is 6.20 Å². The quantitative estimate of drug-likeness (QED) is 0.531. The molecule has 0 N–H and O–H groups in total. The molecular weight excluding hydrogens is 363 g/mol. The third-order valence-corrected chi connectivity index (χ3v) is 4.30. The van der Waals surface area contributed by atoms with Crippen molar-refractivity contribution in [1.29, 1.82) is 0 Å². The summed E-state index contributed by atoms with van der Waals surface area (Å²) in [4.78, 5) is 3.70. The van der Waals surface area contributed by atoms with E-state index in [9.17, 15) is 13.2 Å². The van der Waals surface area contributed by atoms with Crippen LogP contribution in [0.15, 0.2) is 60.8 Å². The maximum Gasteiger partial charge on any atom is 0.417 e. The Hall–Kier alpha value is -2.53. The number of pyridine rings is 1. The molecule has 6 heteroatoms. The normalized spacial score (nSPS) is 11.4. The third-order valence-electron chi connectivity index (χ3n) is 4.03. The zero-order chi connectivity index (χ0) is 18.7. The van der Waals surface area contributed by atoms with Crippen LogP contribution < -0.4 is 4.74 Å². The van der Waals surface area contributed by atoms with Gasteiger partial charge in [-0.05, 0) is 35.2 Å². The molecular formula is C20H15ClF3NO. The molecule has 2 nitrogen and oxygen atoms in total. The molecule has 0 bridgehead atoms. The fraction of sp³-hybridized carbons (Fsp3) is 0.150. The first-order chi connectivity index (χ1) is 12.4. The largest absolute Gasteiger partial charge is 0.472 e. The third kappa shape index (κ3) is 3.99. The van der Waals surface area contributed by atoms with Crippen LogP contribution in [0.2, 0.25) is 5.02 Å². The molecule has 0 amide bonds. The van der Waals surface area contributed by atoms with Gasteiger partial charge in [-0.3, -0.25) is 0 Å². The summed E-state index contributed by atoms with van der Waals surface area (Å²) >= 11 is 5.88. The SMILES string of the molecule is Cc1c(COc2ncc(C(F)(F)F)cc2Cl)cccc1-c1ccccc1. The molecule has 2 aromatic carbocycles. The van der Waals surface area contributed by atoms with Crippen LogP contribution in [0.1, 0.15) is 16.7 Å². The molecule has 1 aromatic heterocycles. The molecule has 0 fully saturated rings. The van der Waals surface area contributed by atoms with Crippen molar-refractivity contribution in [3.05, 3.63) is 82.5 Å². The number of ether oxygens (including phenoxy) is 1. The monoisotopic (exact) mass is 377 g/mol. The standard InChI is InChI=1S/C20H15ClF3NO/c1-13-15(8-5-9-17(13)14-6-3-2-4-7-14)12-26-19-18(21)10-16(11-25-19)20(22,23)24/h2-11H,12H2,1H3. The van der Waals surface area contributed by atoms with E-state index in [0.717, 1.165) is 28.3 Å². The molecule has 0 saturated carbocycles. The van der Waals surface area contributed by atoms with Crippen molar-refractivity contribution in [3.63, 3.8) is 0 Å². The molecule has 0 radical (unpaired) electrons. The van der Waals surface area contributed by atoms with Crippen LogP contribution in [-0.2, 0) is 12.8 Å². The van der Waals surface area contributed by atoms with E-state index < -0.39 is 11.7 Å². The predicted octanol–water partition coefficient (Wildman–Crippen LogP) is 6.31. The molecule has 0 unspecified atom stereocenters. The minimum Gasteiger partial charge on any atom is -0.472 e. The summed E-state index contributed by atoms with van der Waals surface area (Å²) in [5.74, 6) is -0.0239. The molecule has 0 saturated heterocycles. The first-order valence-corrected chi connectivity index (χ1v) is 8.23. The van der Waals surface area contributed by atoms with Gasteiger partial charge in [0.2, 0.25) is 5.88 Å². The Kier molecular flexibility index (Phi) is 5.18. The van der Waals surface area contributed by atoms with Crippen LogP contribution in [0.25, 0.3) is 11.1 Å². The second-order valence-corrected chi connectivity index (χ2v) is 6.16. The van der Waals surface area contributed by atoms with Crippen molar-refractivity contribution in [2.24, 2.45) is 0 Å². The Bertz CT molecular complexity index is 911. The maximum absolute atomic E-state index is 12.7. The first kappa shape index (κ1) is 18.3. The summed E-state index contributed by atoms with van der Waals surface area (Å²) in [6, 6.07) is 16.5. The number of aromatic nitrogens is 1. The van der Waals surface area contributed by atoms with Crippen molar-refractivity contribution < 1.29 is 17.9 Å². The van der Waals surface area contributed by atoms with E-state index in [1.54, 1.807) is 0 Å². The smallest absolute Gasteiger partial charge is 0.417 e. The van der Waals surface area contributed by atoms with E-state index in [-0.39, 0.29) is 17.5 Å². The highest BCUT2D eigenvalue weighted by Gasteiger charge is 2.31. The van der Waals surface area contributed by atoms with E-state index in [1.807, 2.05) is 55.5 Å². The molecule has 26 heavy (non-hydrogen) atoms. The van der Waals surface area contributed by atoms with Gasteiger partial charge >= 0.3 is 6.18 Å². The lowest BCUT2D eigenvalue weighted by Gasteiger charge is -2.14. The van der Waals surface area contributed by atoms with Crippen LogP contribution in [-0.4, -0.2) is 4.98 Å².